The summed E-state index contributed by atoms with van der Waals surface area (Å²) in [5, 5.41) is 1.25. The van der Waals surface area contributed by atoms with E-state index in [4.69, 9.17) is 17.3 Å². The zero-order valence-corrected chi connectivity index (χ0v) is 12.1. The van der Waals surface area contributed by atoms with Gasteiger partial charge in [-0.15, -0.1) is 0 Å². The van der Waals surface area contributed by atoms with Crippen molar-refractivity contribution in [2.75, 3.05) is 6.54 Å². The molecule has 108 valence electrons. The SMILES string of the molecule is NCCc1cn(Cc2ccc(F)c(Cl)c2)c2ncccc12. The maximum absolute atomic E-state index is 13.2. The molecule has 0 atom stereocenters. The lowest BCUT2D eigenvalue weighted by Crippen LogP contribution is -2.02. The van der Waals surface area contributed by atoms with Gasteiger partial charge >= 0.3 is 0 Å². The van der Waals surface area contributed by atoms with Crippen LogP contribution in [0, 0.1) is 5.82 Å². The summed E-state index contributed by atoms with van der Waals surface area (Å²) in [5.74, 6) is -0.403. The van der Waals surface area contributed by atoms with Crippen molar-refractivity contribution in [1.82, 2.24) is 9.55 Å². The molecule has 0 aliphatic carbocycles. The van der Waals surface area contributed by atoms with E-state index in [0.717, 1.165) is 23.0 Å². The number of aromatic nitrogens is 2. The molecule has 0 bridgehead atoms. The van der Waals surface area contributed by atoms with Gasteiger partial charge in [-0.25, -0.2) is 9.37 Å². The summed E-state index contributed by atoms with van der Waals surface area (Å²) < 4.78 is 15.3. The fourth-order valence-electron chi connectivity index (χ4n) is 2.51. The molecule has 5 heteroatoms. The van der Waals surface area contributed by atoms with Crippen LogP contribution in [0.2, 0.25) is 5.02 Å². The van der Waals surface area contributed by atoms with E-state index in [9.17, 15) is 4.39 Å². The Morgan fingerprint density at radius 2 is 2.14 bits per heavy atom. The standard InChI is InChI=1S/C16H15ClFN3/c17-14-8-11(3-4-15(14)18)9-21-10-12(5-6-19)13-2-1-7-20-16(13)21/h1-4,7-8,10H,5-6,9,19H2. The molecule has 0 spiro atoms. The van der Waals surface area contributed by atoms with Crippen LogP contribution in [0.25, 0.3) is 11.0 Å². The minimum absolute atomic E-state index is 0.138. The van der Waals surface area contributed by atoms with E-state index < -0.39 is 5.82 Å². The Morgan fingerprint density at radius 1 is 1.29 bits per heavy atom. The van der Waals surface area contributed by atoms with Crippen molar-refractivity contribution < 1.29 is 4.39 Å². The molecule has 1 aromatic carbocycles. The smallest absolute Gasteiger partial charge is 0.141 e. The van der Waals surface area contributed by atoms with E-state index in [0.29, 0.717) is 13.1 Å². The van der Waals surface area contributed by atoms with Gasteiger partial charge in [-0.05, 0) is 48.4 Å². The van der Waals surface area contributed by atoms with E-state index in [1.165, 1.54) is 11.6 Å². The lowest BCUT2D eigenvalue weighted by Gasteiger charge is -2.05. The Kier molecular flexibility index (Phi) is 3.90. The zero-order chi connectivity index (χ0) is 14.8. The summed E-state index contributed by atoms with van der Waals surface area (Å²) in [6, 6.07) is 8.73. The van der Waals surface area contributed by atoms with Crippen LogP contribution >= 0.6 is 11.6 Å². The number of fused-ring (bicyclic) bond motifs is 1. The molecule has 0 unspecified atom stereocenters. The summed E-state index contributed by atoms with van der Waals surface area (Å²) >= 11 is 5.84. The average molecular weight is 304 g/mol. The molecular formula is C16H15ClFN3. The fraction of sp³-hybridized carbons (Fsp3) is 0.188. The Morgan fingerprint density at radius 3 is 2.90 bits per heavy atom. The second-order valence-electron chi connectivity index (χ2n) is 4.94. The predicted octanol–water partition coefficient (Wildman–Crippen LogP) is 3.38. The first kappa shape index (κ1) is 14.0. The minimum Gasteiger partial charge on any atom is -0.330 e. The molecule has 0 aliphatic heterocycles. The summed E-state index contributed by atoms with van der Waals surface area (Å²) in [4.78, 5) is 4.44. The van der Waals surface area contributed by atoms with Gasteiger partial charge in [-0.3, -0.25) is 0 Å². The van der Waals surface area contributed by atoms with Crippen molar-refractivity contribution in [2.45, 2.75) is 13.0 Å². The van der Waals surface area contributed by atoms with Gasteiger partial charge in [0.15, 0.2) is 0 Å². The Hall–Kier alpha value is -1.91. The van der Waals surface area contributed by atoms with Crippen molar-refractivity contribution in [3.63, 3.8) is 0 Å². The Balaban J connectivity index is 2.01. The van der Waals surface area contributed by atoms with Crippen molar-refractivity contribution in [1.29, 1.82) is 0 Å². The van der Waals surface area contributed by atoms with E-state index in [1.807, 2.05) is 16.7 Å². The monoisotopic (exact) mass is 303 g/mol. The van der Waals surface area contributed by atoms with Gasteiger partial charge in [-0.2, -0.15) is 0 Å². The zero-order valence-electron chi connectivity index (χ0n) is 11.4. The third-order valence-corrected chi connectivity index (χ3v) is 3.76. The summed E-state index contributed by atoms with van der Waals surface area (Å²) in [7, 11) is 0. The van der Waals surface area contributed by atoms with Gasteiger partial charge in [-0.1, -0.05) is 17.7 Å². The number of rotatable bonds is 4. The quantitative estimate of drug-likeness (QED) is 0.803. The second-order valence-corrected chi connectivity index (χ2v) is 5.35. The van der Waals surface area contributed by atoms with Crippen LogP contribution in [0.5, 0.6) is 0 Å². The predicted molar refractivity (Wildman–Crippen MR) is 83.0 cm³/mol. The molecule has 2 aromatic heterocycles. The molecule has 0 aliphatic rings. The van der Waals surface area contributed by atoms with Gasteiger partial charge in [0.05, 0.1) is 5.02 Å². The molecule has 3 nitrogen and oxygen atoms in total. The molecule has 3 aromatic rings. The maximum Gasteiger partial charge on any atom is 0.141 e. The molecule has 0 saturated heterocycles. The van der Waals surface area contributed by atoms with Crippen molar-refractivity contribution in [3.8, 4) is 0 Å². The molecular weight excluding hydrogens is 289 g/mol. The van der Waals surface area contributed by atoms with Crippen LogP contribution in [0.15, 0.2) is 42.7 Å². The normalized spacial score (nSPS) is 11.2. The first-order valence-corrected chi connectivity index (χ1v) is 7.13. The molecule has 3 rings (SSSR count). The van der Waals surface area contributed by atoms with Crippen LogP contribution in [0.4, 0.5) is 4.39 Å². The van der Waals surface area contributed by atoms with Crippen LogP contribution in [-0.2, 0) is 13.0 Å². The summed E-state index contributed by atoms with van der Waals surface area (Å²) in [6.07, 6.45) is 4.63. The number of nitrogens with zero attached hydrogens (tertiary/aromatic N) is 2. The fourth-order valence-corrected chi connectivity index (χ4v) is 2.71. The highest BCUT2D eigenvalue weighted by Crippen LogP contribution is 2.22. The topological polar surface area (TPSA) is 43.8 Å². The molecule has 0 amide bonds. The third kappa shape index (κ3) is 2.77. The highest BCUT2D eigenvalue weighted by Gasteiger charge is 2.10. The number of halogens is 2. The van der Waals surface area contributed by atoms with Gasteiger partial charge in [0, 0.05) is 24.3 Å². The minimum atomic E-state index is -0.403. The van der Waals surface area contributed by atoms with Crippen LogP contribution in [-0.4, -0.2) is 16.1 Å². The number of benzene rings is 1. The number of hydrogen-bond donors (Lipinski definition) is 1. The second kappa shape index (κ2) is 5.84. The highest BCUT2D eigenvalue weighted by atomic mass is 35.5. The van der Waals surface area contributed by atoms with Gasteiger partial charge in [0.25, 0.3) is 0 Å². The van der Waals surface area contributed by atoms with E-state index >= 15 is 0 Å². The molecule has 0 saturated carbocycles. The summed E-state index contributed by atoms with van der Waals surface area (Å²) in [5.41, 5.74) is 8.67. The van der Waals surface area contributed by atoms with E-state index in [-0.39, 0.29) is 5.02 Å². The molecule has 2 N–H and O–H groups in total. The lowest BCUT2D eigenvalue weighted by atomic mass is 10.2. The maximum atomic E-state index is 13.2. The summed E-state index contributed by atoms with van der Waals surface area (Å²) in [6.45, 7) is 1.19. The lowest BCUT2D eigenvalue weighted by molar-refractivity contribution is 0.627. The third-order valence-electron chi connectivity index (χ3n) is 3.47. The van der Waals surface area contributed by atoms with E-state index in [1.54, 1.807) is 18.3 Å². The van der Waals surface area contributed by atoms with Crippen LogP contribution in [0.1, 0.15) is 11.1 Å². The Labute approximate surface area is 127 Å². The molecule has 2 heterocycles. The van der Waals surface area contributed by atoms with Crippen molar-refractivity contribution >= 4 is 22.6 Å². The number of nitrogens with two attached hydrogens (primary N) is 1. The van der Waals surface area contributed by atoms with Crippen molar-refractivity contribution in [2.24, 2.45) is 5.73 Å². The largest absolute Gasteiger partial charge is 0.330 e. The first-order chi connectivity index (χ1) is 10.2. The highest BCUT2D eigenvalue weighted by molar-refractivity contribution is 6.30. The number of pyridine rings is 1. The van der Waals surface area contributed by atoms with Gasteiger partial charge in [0.1, 0.15) is 11.5 Å². The van der Waals surface area contributed by atoms with Crippen LogP contribution < -0.4 is 5.73 Å². The van der Waals surface area contributed by atoms with Crippen molar-refractivity contribution in [3.05, 3.63) is 64.7 Å². The number of hydrogen-bond acceptors (Lipinski definition) is 2. The van der Waals surface area contributed by atoms with Gasteiger partial charge in [0.2, 0.25) is 0 Å². The Bertz CT molecular complexity index is 782. The first-order valence-electron chi connectivity index (χ1n) is 6.76. The molecule has 0 fully saturated rings. The average Bonchev–Trinajstić information content (AvgIpc) is 2.82. The molecule has 0 radical (unpaired) electrons. The van der Waals surface area contributed by atoms with Crippen LogP contribution in [0.3, 0.4) is 0 Å². The molecule has 21 heavy (non-hydrogen) atoms. The van der Waals surface area contributed by atoms with Gasteiger partial charge < -0.3 is 10.3 Å². The van der Waals surface area contributed by atoms with E-state index in [2.05, 4.69) is 11.2 Å².